The molecule has 0 bridgehead atoms. The first-order chi connectivity index (χ1) is 13.0. The van der Waals surface area contributed by atoms with Crippen LogP contribution in [-0.2, 0) is 0 Å². The van der Waals surface area contributed by atoms with Gasteiger partial charge in [0.2, 0.25) is 0 Å². The molecule has 1 aromatic heterocycles. The number of anilines is 1. The van der Waals surface area contributed by atoms with Crippen LogP contribution < -0.4 is 4.90 Å². The van der Waals surface area contributed by atoms with E-state index in [1.807, 2.05) is 47.1 Å². The van der Waals surface area contributed by atoms with Crippen molar-refractivity contribution in [2.45, 2.75) is 13.0 Å². The predicted molar refractivity (Wildman–Crippen MR) is 104 cm³/mol. The van der Waals surface area contributed by atoms with Crippen molar-refractivity contribution < 1.29 is 9.18 Å². The molecule has 7 heteroatoms. The molecule has 138 valence electrons. The normalized spacial score (nSPS) is 17.4. The Balaban J connectivity index is 1.60. The smallest absolute Gasteiger partial charge is 0.254 e. The Hall–Kier alpha value is -2.73. The Morgan fingerprint density at radius 1 is 1.11 bits per heavy atom. The Bertz CT molecular complexity index is 998. The maximum Gasteiger partial charge on any atom is 0.254 e. The number of piperazine rings is 1. The summed E-state index contributed by atoms with van der Waals surface area (Å²) in [6.07, 6.45) is 0. The van der Waals surface area contributed by atoms with Crippen LogP contribution in [-0.4, -0.2) is 46.7 Å². The van der Waals surface area contributed by atoms with Crippen molar-refractivity contribution in [3.05, 3.63) is 65.1 Å². The van der Waals surface area contributed by atoms with Crippen LogP contribution in [0.25, 0.3) is 10.8 Å². The molecule has 5 nitrogen and oxygen atoms in total. The van der Waals surface area contributed by atoms with E-state index in [1.165, 1.54) is 12.1 Å². The zero-order valence-corrected chi connectivity index (χ0v) is 15.5. The van der Waals surface area contributed by atoms with Crippen LogP contribution in [0.2, 0.25) is 5.15 Å². The number of fused-ring (bicyclic) bond motifs is 1. The van der Waals surface area contributed by atoms with E-state index in [0.29, 0.717) is 41.8 Å². The number of carbonyl (C=O) groups excluding carboxylic acids is 1. The topological polar surface area (TPSA) is 49.3 Å². The lowest BCUT2D eigenvalue weighted by Gasteiger charge is -2.40. The Morgan fingerprint density at radius 3 is 2.63 bits per heavy atom. The number of benzene rings is 2. The summed E-state index contributed by atoms with van der Waals surface area (Å²) in [5.74, 6) is 0.257. The average Bonchev–Trinajstić information content (AvgIpc) is 2.68. The minimum atomic E-state index is -0.348. The predicted octanol–water partition coefficient (Wildman–Crippen LogP) is 3.77. The Kier molecular flexibility index (Phi) is 4.66. The van der Waals surface area contributed by atoms with Gasteiger partial charge in [-0.15, -0.1) is 10.2 Å². The van der Waals surface area contributed by atoms with E-state index < -0.39 is 0 Å². The van der Waals surface area contributed by atoms with E-state index >= 15 is 0 Å². The van der Waals surface area contributed by atoms with Crippen molar-refractivity contribution in [1.82, 2.24) is 15.1 Å². The number of hydrogen-bond donors (Lipinski definition) is 0. The molecular formula is C20H18ClFN4O. The minimum Gasteiger partial charge on any atom is -0.351 e. The van der Waals surface area contributed by atoms with Crippen molar-refractivity contribution in [2.24, 2.45) is 0 Å². The number of carbonyl (C=O) groups is 1. The molecule has 1 amide bonds. The highest BCUT2D eigenvalue weighted by Gasteiger charge is 2.29. The molecule has 0 spiro atoms. The van der Waals surface area contributed by atoms with Crippen LogP contribution in [0.3, 0.4) is 0 Å². The SMILES string of the molecule is C[C@H]1CN(c2nnc(Cl)c3ccc(F)cc23)CCN1C(=O)c1ccccc1. The van der Waals surface area contributed by atoms with E-state index in [1.54, 1.807) is 6.07 Å². The van der Waals surface area contributed by atoms with Gasteiger partial charge in [-0.3, -0.25) is 4.79 Å². The molecule has 1 aliphatic rings. The third-order valence-electron chi connectivity index (χ3n) is 4.89. The molecule has 1 aliphatic heterocycles. The first-order valence-corrected chi connectivity index (χ1v) is 9.15. The van der Waals surface area contributed by atoms with Crippen LogP contribution >= 0.6 is 11.6 Å². The van der Waals surface area contributed by atoms with E-state index in [2.05, 4.69) is 10.2 Å². The number of nitrogens with zero attached hydrogens (tertiary/aromatic N) is 4. The number of halogens is 2. The molecule has 1 fully saturated rings. The average molecular weight is 385 g/mol. The van der Waals surface area contributed by atoms with Gasteiger partial charge in [0.1, 0.15) is 5.82 Å². The van der Waals surface area contributed by atoms with Crippen molar-refractivity contribution in [1.29, 1.82) is 0 Å². The number of amides is 1. The van der Waals surface area contributed by atoms with E-state index in [9.17, 15) is 9.18 Å². The van der Waals surface area contributed by atoms with E-state index in [4.69, 9.17) is 11.6 Å². The summed E-state index contributed by atoms with van der Waals surface area (Å²) >= 11 is 6.11. The van der Waals surface area contributed by atoms with Gasteiger partial charge in [0, 0.05) is 42.0 Å². The molecule has 2 aromatic carbocycles. The Morgan fingerprint density at radius 2 is 1.89 bits per heavy atom. The zero-order valence-electron chi connectivity index (χ0n) is 14.8. The second-order valence-corrected chi connectivity index (χ2v) is 7.02. The molecule has 3 aromatic rings. The lowest BCUT2D eigenvalue weighted by Crippen LogP contribution is -2.54. The maximum absolute atomic E-state index is 13.8. The first-order valence-electron chi connectivity index (χ1n) is 8.77. The molecule has 1 saturated heterocycles. The summed E-state index contributed by atoms with van der Waals surface area (Å²) < 4.78 is 13.8. The third kappa shape index (κ3) is 3.32. The molecule has 4 rings (SSSR count). The van der Waals surface area contributed by atoms with Crippen molar-refractivity contribution in [3.63, 3.8) is 0 Å². The first kappa shape index (κ1) is 17.7. The second kappa shape index (κ2) is 7.12. The van der Waals surface area contributed by atoms with E-state index in [-0.39, 0.29) is 22.9 Å². The van der Waals surface area contributed by atoms with Gasteiger partial charge in [-0.05, 0) is 37.3 Å². The lowest BCUT2D eigenvalue weighted by atomic mass is 10.1. The monoisotopic (exact) mass is 384 g/mol. The molecule has 0 unspecified atom stereocenters. The summed E-state index contributed by atoms with van der Waals surface area (Å²) in [5.41, 5.74) is 0.677. The molecule has 0 radical (unpaired) electrons. The lowest BCUT2D eigenvalue weighted by molar-refractivity contribution is 0.0674. The fraction of sp³-hybridized carbons (Fsp3) is 0.250. The molecule has 1 atom stereocenters. The third-order valence-corrected chi connectivity index (χ3v) is 5.17. The fourth-order valence-electron chi connectivity index (χ4n) is 3.51. The van der Waals surface area contributed by atoms with Crippen LogP contribution in [0, 0.1) is 5.82 Å². The van der Waals surface area contributed by atoms with Gasteiger partial charge < -0.3 is 9.80 Å². The molecule has 0 aliphatic carbocycles. The maximum atomic E-state index is 13.8. The highest BCUT2D eigenvalue weighted by atomic mass is 35.5. The van der Waals surface area contributed by atoms with Gasteiger partial charge in [0.15, 0.2) is 11.0 Å². The van der Waals surface area contributed by atoms with Crippen molar-refractivity contribution in [3.8, 4) is 0 Å². The summed E-state index contributed by atoms with van der Waals surface area (Å²) in [4.78, 5) is 16.7. The van der Waals surface area contributed by atoms with Gasteiger partial charge in [-0.2, -0.15) is 0 Å². The zero-order chi connectivity index (χ0) is 19.0. The fourth-order valence-corrected chi connectivity index (χ4v) is 3.71. The van der Waals surface area contributed by atoms with E-state index in [0.717, 1.165) is 0 Å². The summed E-state index contributed by atoms with van der Waals surface area (Å²) in [7, 11) is 0. The molecular weight excluding hydrogens is 367 g/mol. The molecule has 0 N–H and O–H groups in total. The standard InChI is InChI=1S/C20H18ClFN4O/c1-13-12-25(9-10-26(13)20(27)14-5-3-2-4-6-14)19-17-11-15(22)7-8-16(17)18(21)23-24-19/h2-8,11,13H,9-10,12H2,1H3/t13-/m0/s1. The van der Waals surface area contributed by atoms with Crippen LogP contribution in [0.5, 0.6) is 0 Å². The highest BCUT2D eigenvalue weighted by Crippen LogP contribution is 2.30. The van der Waals surface area contributed by atoms with Crippen LogP contribution in [0.1, 0.15) is 17.3 Å². The highest BCUT2D eigenvalue weighted by molar-refractivity contribution is 6.34. The molecule has 0 saturated carbocycles. The number of hydrogen-bond acceptors (Lipinski definition) is 4. The largest absolute Gasteiger partial charge is 0.351 e. The van der Waals surface area contributed by atoms with Gasteiger partial charge in [-0.1, -0.05) is 29.8 Å². The molecule has 2 heterocycles. The van der Waals surface area contributed by atoms with Gasteiger partial charge >= 0.3 is 0 Å². The van der Waals surface area contributed by atoms with Gasteiger partial charge in [0.25, 0.3) is 5.91 Å². The minimum absolute atomic E-state index is 0.0147. The number of rotatable bonds is 2. The van der Waals surface area contributed by atoms with Crippen molar-refractivity contribution >= 4 is 34.1 Å². The van der Waals surface area contributed by atoms with Crippen LogP contribution in [0.4, 0.5) is 10.2 Å². The van der Waals surface area contributed by atoms with Crippen LogP contribution in [0.15, 0.2) is 48.5 Å². The molecule has 27 heavy (non-hydrogen) atoms. The quantitative estimate of drug-likeness (QED) is 0.674. The Labute approximate surface area is 161 Å². The second-order valence-electron chi connectivity index (χ2n) is 6.66. The van der Waals surface area contributed by atoms with Gasteiger partial charge in [-0.25, -0.2) is 4.39 Å². The van der Waals surface area contributed by atoms with Gasteiger partial charge in [0.05, 0.1) is 0 Å². The number of aromatic nitrogens is 2. The summed E-state index contributed by atoms with van der Waals surface area (Å²) in [6.45, 7) is 3.72. The summed E-state index contributed by atoms with van der Waals surface area (Å²) in [5, 5.41) is 9.76. The summed E-state index contributed by atoms with van der Waals surface area (Å²) in [6, 6.07) is 13.6. The van der Waals surface area contributed by atoms with Crippen molar-refractivity contribution in [2.75, 3.05) is 24.5 Å².